The van der Waals surface area contributed by atoms with Gasteiger partial charge in [0, 0.05) is 35.7 Å². The predicted octanol–water partition coefficient (Wildman–Crippen LogP) is 2.00. The highest BCUT2D eigenvalue weighted by molar-refractivity contribution is 7.99. The van der Waals surface area contributed by atoms with Crippen molar-refractivity contribution in [1.82, 2.24) is 16.0 Å². The Kier molecular flexibility index (Phi) is 5.46. The van der Waals surface area contributed by atoms with Crippen LogP contribution in [-0.2, 0) is 15.3 Å². The van der Waals surface area contributed by atoms with E-state index in [1.54, 1.807) is 11.8 Å². The lowest BCUT2D eigenvalue weighted by atomic mass is 10.1. The van der Waals surface area contributed by atoms with Crippen LogP contribution in [0.2, 0.25) is 5.02 Å². The Labute approximate surface area is 144 Å². The summed E-state index contributed by atoms with van der Waals surface area (Å²) < 4.78 is 0. The quantitative estimate of drug-likeness (QED) is 0.731. The smallest absolute Gasteiger partial charge is 0.223 e. The summed E-state index contributed by atoms with van der Waals surface area (Å²) in [4.78, 5) is 23.7. The molecular formula is C16H20ClN3O2S. The van der Waals surface area contributed by atoms with Crippen LogP contribution < -0.4 is 16.0 Å². The molecule has 2 atom stereocenters. The normalized spacial score (nSPS) is 24.1. The van der Waals surface area contributed by atoms with Crippen LogP contribution in [0.1, 0.15) is 31.2 Å². The zero-order valence-corrected chi connectivity index (χ0v) is 14.3. The van der Waals surface area contributed by atoms with Crippen molar-refractivity contribution in [2.75, 3.05) is 0 Å². The van der Waals surface area contributed by atoms with E-state index in [-0.39, 0.29) is 23.4 Å². The largest absolute Gasteiger partial charge is 0.353 e. The van der Waals surface area contributed by atoms with Crippen LogP contribution >= 0.6 is 23.4 Å². The van der Waals surface area contributed by atoms with Crippen LogP contribution in [0.15, 0.2) is 24.3 Å². The minimum Gasteiger partial charge on any atom is -0.353 e. The highest BCUT2D eigenvalue weighted by atomic mass is 35.5. The van der Waals surface area contributed by atoms with E-state index in [4.69, 9.17) is 11.6 Å². The van der Waals surface area contributed by atoms with Crippen LogP contribution in [-0.4, -0.2) is 29.4 Å². The maximum Gasteiger partial charge on any atom is 0.223 e. The first kappa shape index (κ1) is 16.6. The summed E-state index contributed by atoms with van der Waals surface area (Å²) in [6.07, 6.45) is 2.83. The van der Waals surface area contributed by atoms with Gasteiger partial charge < -0.3 is 10.6 Å². The van der Waals surface area contributed by atoms with E-state index in [0.717, 1.165) is 24.2 Å². The summed E-state index contributed by atoms with van der Waals surface area (Å²) in [5, 5.41) is 9.91. The van der Waals surface area contributed by atoms with Gasteiger partial charge in [0.25, 0.3) is 0 Å². The molecule has 124 valence electrons. The summed E-state index contributed by atoms with van der Waals surface area (Å²) in [6.45, 7) is 0. The van der Waals surface area contributed by atoms with Crippen LogP contribution in [0.3, 0.4) is 0 Å². The molecule has 3 rings (SSSR count). The molecular weight excluding hydrogens is 334 g/mol. The van der Waals surface area contributed by atoms with Crippen LogP contribution in [0.25, 0.3) is 0 Å². The second-order valence-corrected chi connectivity index (χ2v) is 7.53. The average Bonchev–Trinajstić information content (AvgIpc) is 3.28. The van der Waals surface area contributed by atoms with Gasteiger partial charge in [-0.15, -0.1) is 11.8 Å². The number of carbonyl (C=O) groups excluding carboxylic acids is 2. The fraction of sp³-hybridized carbons (Fsp3) is 0.500. The van der Waals surface area contributed by atoms with Crippen LogP contribution in [0.5, 0.6) is 0 Å². The molecule has 1 aromatic rings. The molecule has 1 aromatic carbocycles. The molecule has 1 heterocycles. The molecule has 2 aliphatic rings. The molecule has 23 heavy (non-hydrogen) atoms. The zero-order valence-electron chi connectivity index (χ0n) is 12.7. The molecule has 2 unspecified atom stereocenters. The molecule has 0 spiro atoms. The topological polar surface area (TPSA) is 70.2 Å². The van der Waals surface area contributed by atoms with Gasteiger partial charge >= 0.3 is 0 Å². The molecule has 0 radical (unpaired) electrons. The summed E-state index contributed by atoms with van der Waals surface area (Å²) in [5.74, 6) is 0.745. The third-order valence-electron chi connectivity index (χ3n) is 3.79. The number of hydrogen-bond donors (Lipinski definition) is 3. The van der Waals surface area contributed by atoms with E-state index >= 15 is 0 Å². The van der Waals surface area contributed by atoms with Crippen molar-refractivity contribution in [3.63, 3.8) is 0 Å². The Morgan fingerprint density at radius 3 is 2.96 bits per heavy atom. The van der Waals surface area contributed by atoms with Gasteiger partial charge in [-0.2, -0.15) is 0 Å². The Bertz CT molecular complexity index is 594. The van der Waals surface area contributed by atoms with Crippen molar-refractivity contribution < 1.29 is 9.59 Å². The SMILES string of the molecule is O=C(CC1CC(=O)NC(SCc2cccc(Cl)c2)N1)NC1CC1. The van der Waals surface area contributed by atoms with Gasteiger partial charge in [-0.05, 0) is 30.5 Å². The highest BCUT2D eigenvalue weighted by Crippen LogP contribution is 2.22. The summed E-state index contributed by atoms with van der Waals surface area (Å²) in [7, 11) is 0. The monoisotopic (exact) mass is 353 g/mol. The molecule has 3 N–H and O–H groups in total. The number of carbonyl (C=O) groups is 2. The molecule has 2 amide bonds. The second-order valence-electron chi connectivity index (χ2n) is 6.00. The second kappa shape index (κ2) is 7.55. The van der Waals surface area contributed by atoms with Crippen molar-refractivity contribution in [3.05, 3.63) is 34.9 Å². The molecule has 2 fully saturated rings. The van der Waals surface area contributed by atoms with E-state index in [1.807, 2.05) is 24.3 Å². The van der Waals surface area contributed by atoms with Crippen LogP contribution in [0.4, 0.5) is 0 Å². The number of halogens is 1. The lowest BCUT2D eigenvalue weighted by Gasteiger charge is -2.31. The van der Waals surface area contributed by atoms with Gasteiger partial charge in [-0.1, -0.05) is 23.7 Å². The molecule has 7 heteroatoms. The zero-order chi connectivity index (χ0) is 16.2. The van der Waals surface area contributed by atoms with E-state index in [9.17, 15) is 9.59 Å². The molecule has 0 bridgehead atoms. The first-order valence-corrected chi connectivity index (χ1v) is 9.22. The summed E-state index contributed by atoms with van der Waals surface area (Å²) in [5.41, 5.74) is 0.918. The van der Waals surface area contributed by atoms with Crippen molar-refractivity contribution in [1.29, 1.82) is 0 Å². The van der Waals surface area contributed by atoms with Gasteiger partial charge in [0.15, 0.2) is 0 Å². The molecule has 1 aliphatic heterocycles. The van der Waals surface area contributed by atoms with Gasteiger partial charge in [-0.25, -0.2) is 0 Å². The third kappa shape index (κ3) is 5.41. The minimum atomic E-state index is -0.186. The highest BCUT2D eigenvalue weighted by Gasteiger charge is 2.29. The summed E-state index contributed by atoms with van der Waals surface area (Å²) in [6, 6.07) is 7.91. The first-order chi connectivity index (χ1) is 11.1. The first-order valence-electron chi connectivity index (χ1n) is 7.79. The molecule has 1 aliphatic carbocycles. The number of benzene rings is 1. The number of thioether (sulfide) groups is 1. The maximum absolute atomic E-state index is 11.9. The standard InChI is InChI=1S/C16H20ClN3O2S/c17-11-3-1-2-10(6-11)9-23-16-19-13(8-15(22)20-16)7-14(21)18-12-4-5-12/h1-3,6,12-13,16,19H,4-5,7-9H2,(H,18,21)(H,20,22). The molecule has 1 saturated heterocycles. The summed E-state index contributed by atoms with van der Waals surface area (Å²) >= 11 is 7.56. The lowest BCUT2D eigenvalue weighted by molar-refractivity contribution is -0.125. The van der Waals surface area contributed by atoms with E-state index in [2.05, 4.69) is 16.0 Å². The lowest BCUT2D eigenvalue weighted by Crippen LogP contribution is -2.55. The van der Waals surface area contributed by atoms with Gasteiger partial charge in [0.2, 0.25) is 11.8 Å². The van der Waals surface area contributed by atoms with Crippen LogP contribution in [0, 0.1) is 0 Å². The van der Waals surface area contributed by atoms with Gasteiger partial charge in [0.1, 0.15) is 5.50 Å². The molecule has 1 saturated carbocycles. The van der Waals surface area contributed by atoms with E-state index in [1.165, 1.54) is 0 Å². The van der Waals surface area contributed by atoms with E-state index in [0.29, 0.717) is 23.9 Å². The van der Waals surface area contributed by atoms with Crippen molar-refractivity contribution in [3.8, 4) is 0 Å². The van der Waals surface area contributed by atoms with Gasteiger partial charge in [0.05, 0.1) is 0 Å². The van der Waals surface area contributed by atoms with Crippen molar-refractivity contribution in [2.24, 2.45) is 0 Å². The average molecular weight is 354 g/mol. The molecule has 0 aromatic heterocycles. The minimum absolute atomic E-state index is 0.0171. The third-order valence-corrected chi connectivity index (χ3v) is 5.11. The van der Waals surface area contributed by atoms with Crippen molar-refractivity contribution >= 4 is 35.2 Å². The Balaban J connectivity index is 1.48. The fourth-order valence-corrected chi connectivity index (χ4v) is 3.76. The predicted molar refractivity (Wildman–Crippen MR) is 92.0 cm³/mol. The fourth-order valence-electron chi connectivity index (χ4n) is 2.51. The van der Waals surface area contributed by atoms with Crippen molar-refractivity contribution in [2.45, 2.75) is 49.0 Å². The molecule has 5 nitrogen and oxygen atoms in total. The van der Waals surface area contributed by atoms with Gasteiger partial charge in [-0.3, -0.25) is 14.9 Å². The maximum atomic E-state index is 11.9. The number of nitrogens with one attached hydrogen (secondary N) is 3. The van der Waals surface area contributed by atoms with E-state index < -0.39 is 0 Å². The Morgan fingerprint density at radius 2 is 2.22 bits per heavy atom. The Hall–Kier alpha value is -1.24. The number of hydrogen-bond acceptors (Lipinski definition) is 4. The number of amides is 2. The Morgan fingerprint density at radius 1 is 1.39 bits per heavy atom. The number of rotatable bonds is 6.